The van der Waals surface area contributed by atoms with Crippen molar-refractivity contribution in [1.82, 2.24) is 19.7 Å². The van der Waals surface area contributed by atoms with Crippen molar-refractivity contribution in [2.24, 2.45) is 0 Å². The standard InChI is InChI=1S/C9H12F3N5/c1-2-6(13)16-3-4-17-7(5-16)14-15-8(17)9(10,11)12/h13H,2-5H2,1H3. The molecule has 0 fully saturated rings. The zero-order chi connectivity index (χ0) is 12.6. The SMILES string of the molecule is CCC(=N)N1CCn2c(nnc2C(F)(F)F)C1. The first-order chi connectivity index (χ1) is 7.93. The molecule has 1 aromatic rings. The van der Waals surface area contributed by atoms with Gasteiger partial charge in [0.1, 0.15) is 0 Å². The number of halogens is 3. The maximum atomic E-state index is 12.6. The average Bonchev–Trinajstić information content (AvgIpc) is 2.70. The van der Waals surface area contributed by atoms with Crippen LogP contribution in [0.3, 0.4) is 0 Å². The summed E-state index contributed by atoms with van der Waals surface area (Å²) in [5, 5.41) is 14.4. The van der Waals surface area contributed by atoms with Crippen molar-refractivity contribution in [3.8, 4) is 0 Å². The van der Waals surface area contributed by atoms with E-state index in [1.807, 2.05) is 6.92 Å². The van der Waals surface area contributed by atoms with Gasteiger partial charge >= 0.3 is 6.18 Å². The summed E-state index contributed by atoms with van der Waals surface area (Å²) in [6.45, 7) is 2.61. The van der Waals surface area contributed by atoms with Crippen LogP contribution in [0.4, 0.5) is 13.2 Å². The van der Waals surface area contributed by atoms with Gasteiger partial charge in [0, 0.05) is 19.5 Å². The first-order valence-electron chi connectivity index (χ1n) is 5.25. The molecule has 0 unspecified atom stereocenters. The lowest BCUT2D eigenvalue weighted by Crippen LogP contribution is -2.38. The third kappa shape index (κ3) is 2.11. The van der Waals surface area contributed by atoms with Crippen LogP contribution in [-0.2, 0) is 19.3 Å². The average molecular weight is 247 g/mol. The highest BCUT2D eigenvalue weighted by molar-refractivity contribution is 5.78. The number of fused-ring (bicyclic) bond motifs is 1. The summed E-state index contributed by atoms with van der Waals surface area (Å²) < 4.78 is 38.7. The van der Waals surface area contributed by atoms with E-state index in [4.69, 9.17) is 5.41 Å². The molecular weight excluding hydrogens is 235 g/mol. The van der Waals surface area contributed by atoms with Crippen molar-refractivity contribution in [3.05, 3.63) is 11.6 Å². The van der Waals surface area contributed by atoms with Crippen LogP contribution >= 0.6 is 0 Å². The molecule has 2 rings (SSSR count). The van der Waals surface area contributed by atoms with E-state index in [0.29, 0.717) is 18.8 Å². The first-order valence-corrected chi connectivity index (χ1v) is 5.25. The predicted molar refractivity (Wildman–Crippen MR) is 53.5 cm³/mol. The molecule has 0 radical (unpaired) electrons. The Labute approximate surface area is 95.7 Å². The molecule has 0 aromatic carbocycles. The van der Waals surface area contributed by atoms with Crippen LogP contribution < -0.4 is 0 Å². The minimum atomic E-state index is -4.47. The van der Waals surface area contributed by atoms with E-state index in [-0.39, 0.29) is 18.9 Å². The Bertz CT molecular complexity index is 436. The molecule has 0 amide bonds. The van der Waals surface area contributed by atoms with Crippen molar-refractivity contribution in [2.45, 2.75) is 32.6 Å². The smallest absolute Gasteiger partial charge is 0.351 e. The molecule has 1 N–H and O–H groups in total. The van der Waals surface area contributed by atoms with E-state index in [1.165, 1.54) is 0 Å². The Morgan fingerprint density at radius 1 is 1.35 bits per heavy atom. The lowest BCUT2D eigenvalue weighted by atomic mass is 10.3. The molecule has 1 aliphatic heterocycles. The van der Waals surface area contributed by atoms with Crippen LogP contribution in [0.15, 0.2) is 0 Å². The van der Waals surface area contributed by atoms with Crippen molar-refractivity contribution in [3.63, 3.8) is 0 Å². The van der Waals surface area contributed by atoms with Gasteiger partial charge in [0.15, 0.2) is 5.82 Å². The second-order valence-electron chi connectivity index (χ2n) is 3.81. The molecule has 0 saturated heterocycles. The number of alkyl halides is 3. The molecule has 1 aliphatic rings. The van der Waals surface area contributed by atoms with Gasteiger partial charge in [0.2, 0.25) is 5.82 Å². The van der Waals surface area contributed by atoms with E-state index in [9.17, 15) is 13.2 Å². The van der Waals surface area contributed by atoms with E-state index in [1.54, 1.807) is 4.90 Å². The highest BCUT2D eigenvalue weighted by atomic mass is 19.4. The highest BCUT2D eigenvalue weighted by Gasteiger charge is 2.39. The van der Waals surface area contributed by atoms with Crippen molar-refractivity contribution in [2.75, 3.05) is 6.54 Å². The number of nitrogens with one attached hydrogen (secondary N) is 1. The van der Waals surface area contributed by atoms with Crippen molar-refractivity contribution < 1.29 is 13.2 Å². The first kappa shape index (κ1) is 11.9. The predicted octanol–water partition coefficient (Wildman–Crippen LogP) is 1.50. The minimum absolute atomic E-state index is 0.166. The molecule has 94 valence electrons. The summed E-state index contributed by atoms with van der Waals surface area (Å²) in [4.78, 5) is 1.71. The van der Waals surface area contributed by atoms with Gasteiger partial charge in [-0.3, -0.25) is 5.41 Å². The van der Waals surface area contributed by atoms with Gasteiger partial charge in [-0.05, 0) is 0 Å². The minimum Gasteiger partial charge on any atom is -0.351 e. The highest BCUT2D eigenvalue weighted by Crippen LogP contribution is 2.29. The molecule has 1 aromatic heterocycles. The summed E-state index contributed by atoms with van der Waals surface area (Å²) in [6.07, 6.45) is -3.91. The van der Waals surface area contributed by atoms with Crippen LogP contribution in [0.2, 0.25) is 0 Å². The molecule has 0 bridgehead atoms. The van der Waals surface area contributed by atoms with Gasteiger partial charge in [-0.15, -0.1) is 10.2 Å². The van der Waals surface area contributed by atoms with Gasteiger partial charge in [-0.1, -0.05) is 6.92 Å². The Morgan fingerprint density at radius 2 is 2.06 bits per heavy atom. The monoisotopic (exact) mass is 247 g/mol. The quantitative estimate of drug-likeness (QED) is 0.604. The van der Waals surface area contributed by atoms with Gasteiger partial charge in [0.25, 0.3) is 0 Å². The van der Waals surface area contributed by atoms with Crippen LogP contribution in [0, 0.1) is 5.41 Å². The summed E-state index contributed by atoms with van der Waals surface area (Å²) in [7, 11) is 0. The molecule has 8 heteroatoms. The third-order valence-corrected chi connectivity index (χ3v) is 2.72. The molecule has 17 heavy (non-hydrogen) atoms. The fourth-order valence-corrected chi connectivity index (χ4v) is 1.82. The van der Waals surface area contributed by atoms with E-state index in [2.05, 4.69) is 10.2 Å². The zero-order valence-corrected chi connectivity index (χ0v) is 9.25. The normalized spacial score (nSPS) is 15.9. The third-order valence-electron chi connectivity index (χ3n) is 2.72. The number of hydrogen-bond donors (Lipinski definition) is 1. The number of hydrogen-bond acceptors (Lipinski definition) is 3. The molecular formula is C9H12F3N5. The van der Waals surface area contributed by atoms with E-state index >= 15 is 0 Å². The van der Waals surface area contributed by atoms with Gasteiger partial charge < -0.3 is 9.47 Å². The van der Waals surface area contributed by atoms with Crippen molar-refractivity contribution in [1.29, 1.82) is 5.41 Å². The molecule has 0 aliphatic carbocycles. The van der Waals surface area contributed by atoms with Gasteiger partial charge in [-0.25, -0.2) is 0 Å². The summed E-state index contributed by atoms with van der Waals surface area (Å²) in [6, 6.07) is 0. The second kappa shape index (κ2) is 4.01. The van der Waals surface area contributed by atoms with Crippen molar-refractivity contribution >= 4 is 5.84 Å². The van der Waals surface area contributed by atoms with Crippen LogP contribution in [0.5, 0.6) is 0 Å². The maximum absolute atomic E-state index is 12.6. The summed E-state index contributed by atoms with van der Waals surface area (Å²) >= 11 is 0. The fraction of sp³-hybridized carbons (Fsp3) is 0.667. The summed E-state index contributed by atoms with van der Waals surface area (Å²) in [5.41, 5.74) is 0. The largest absolute Gasteiger partial charge is 0.451 e. The Kier molecular flexibility index (Phi) is 2.80. The zero-order valence-electron chi connectivity index (χ0n) is 9.25. The van der Waals surface area contributed by atoms with Gasteiger partial charge in [-0.2, -0.15) is 13.2 Å². The Balaban J connectivity index is 2.25. The molecule has 0 saturated carbocycles. The molecule has 5 nitrogen and oxygen atoms in total. The summed E-state index contributed by atoms with van der Waals surface area (Å²) in [5.74, 6) is -0.273. The lowest BCUT2D eigenvalue weighted by Gasteiger charge is -2.29. The maximum Gasteiger partial charge on any atom is 0.451 e. The number of rotatable bonds is 1. The Morgan fingerprint density at radius 3 is 2.65 bits per heavy atom. The molecule has 0 atom stereocenters. The number of amidine groups is 1. The Hall–Kier alpha value is -1.60. The fourth-order valence-electron chi connectivity index (χ4n) is 1.82. The molecule has 2 heterocycles. The molecule has 0 spiro atoms. The second-order valence-corrected chi connectivity index (χ2v) is 3.81. The van der Waals surface area contributed by atoms with E-state index < -0.39 is 12.0 Å². The topological polar surface area (TPSA) is 57.8 Å². The number of aromatic nitrogens is 3. The lowest BCUT2D eigenvalue weighted by molar-refractivity contribution is -0.147. The van der Waals surface area contributed by atoms with Crippen LogP contribution in [0.1, 0.15) is 25.0 Å². The van der Waals surface area contributed by atoms with E-state index in [0.717, 1.165) is 4.57 Å². The van der Waals surface area contributed by atoms with Crippen LogP contribution in [-0.4, -0.2) is 32.0 Å². The van der Waals surface area contributed by atoms with Gasteiger partial charge in [0.05, 0.1) is 12.4 Å². The van der Waals surface area contributed by atoms with Crippen LogP contribution in [0.25, 0.3) is 0 Å². The number of nitrogens with zero attached hydrogens (tertiary/aromatic N) is 4.